The summed E-state index contributed by atoms with van der Waals surface area (Å²) in [5.41, 5.74) is -2.52. The molecule has 4 nitrogen and oxygen atoms in total. The summed E-state index contributed by atoms with van der Waals surface area (Å²) in [5, 5.41) is 0. The molecule has 1 unspecified atom stereocenters. The van der Waals surface area contributed by atoms with Gasteiger partial charge in [0.2, 0.25) is 0 Å². The minimum absolute atomic E-state index is 0.159. The van der Waals surface area contributed by atoms with Crippen molar-refractivity contribution in [2.45, 2.75) is 83.8 Å². The first-order valence-electron chi connectivity index (χ1n) is 9.64. The van der Waals surface area contributed by atoms with Gasteiger partial charge in [0, 0.05) is 11.3 Å². The predicted molar refractivity (Wildman–Crippen MR) is 94.8 cm³/mol. The van der Waals surface area contributed by atoms with Crippen molar-refractivity contribution >= 4 is 13.1 Å². The third kappa shape index (κ3) is 3.22. The Morgan fingerprint density at radius 1 is 1.15 bits per heavy atom. The molecule has 0 aromatic rings. The minimum atomic E-state index is -2.90. The van der Waals surface area contributed by atoms with Crippen molar-refractivity contribution in [3.63, 3.8) is 0 Å². The van der Waals surface area contributed by atoms with Crippen LogP contribution in [0.1, 0.15) is 66.7 Å². The van der Waals surface area contributed by atoms with Crippen LogP contribution in [0.2, 0.25) is 0 Å². The zero-order chi connectivity index (χ0) is 20.3. The summed E-state index contributed by atoms with van der Waals surface area (Å²) in [6, 6.07) is 0. The summed E-state index contributed by atoms with van der Waals surface area (Å²) in [6.07, 6.45) is 0.494. The topological polar surface area (TPSA) is 44.8 Å². The highest BCUT2D eigenvalue weighted by Gasteiger charge is 2.79. The maximum atomic E-state index is 14.9. The molecule has 152 valence electrons. The number of carbonyl (C=O) groups is 1. The molecule has 0 radical (unpaired) electrons. The van der Waals surface area contributed by atoms with Gasteiger partial charge < -0.3 is 14.0 Å². The van der Waals surface area contributed by atoms with Gasteiger partial charge in [0.05, 0.1) is 24.2 Å². The van der Waals surface area contributed by atoms with Gasteiger partial charge in [-0.3, -0.25) is 4.79 Å². The smallest absolute Gasteiger partial charge is 0.466 e. The lowest BCUT2D eigenvalue weighted by Crippen LogP contribution is -2.41. The number of hydrogen-bond donors (Lipinski definition) is 0. The third-order valence-corrected chi connectivity index (χ3v) is 6.91. The lowest BCUT2D eigenvalue weighted by molar-refractivity contribution is -0.144. The Kier molecular flexibility index (Phi) is 4.99. The average Bonchev–Trinajstić information content (AvgIpc) is 2.87. The molecule has 2 aliphatic carbocycles. The fraction of sp³-hybridized carbons (Fsp3) is 0.842. The van der Waals surface area contributed by atoms with Gasteiger partial charge >= 0.3 is 13.1 Å². The van der Waals surface area contributed by atoms with Crippen molar-refractivity contribution in [1.29, 1.82) is 0 Å². The molecule has 0 bridgehead atoms. The Bertz CT molecular complexity index is 633. The second-order valence-electron chi connectivity index (χ2n) is 8.88. The number of carbonyl (C=O) groups excluding carboxylic acids is 1. The summed E-state index contributed by atoms with van der Waals surface area (Å²) < 4.78 is 60.0. The van der Waals surface area contributed by atoms with E-state index in [4.69, 9.17) is 14.0 Å². The molecule has 1 atom stereocenters. The molecule has 3 fully saturated rings. The number of allylic oxidation sites excluding steroid dienone is 1. The molecular formula is C19H28BF3O4. The van der Waals surface area contributed by atoms with Gasteiger partial charge in [0.15, 0.2) is 0 Å². The fourth-order valence-corrected chi connectivity index (χ4v) is 4.33. The van der Waals surface area contributed by atoms with Gasteiger partial charge in [-0.25, -0.2) is 13.2 Å². The summed E-state index contributed by atoms with van der Waals surface area (Å²) in [6.45, 7) is 9.18. The maximum Gasteiger partial charge on any atom is 0.525 e. The molecule has 27 heavy (non-hydrogen) atoms. The molecule has 8 heteroatoms. The van der Waals surface area contributed by atoms with Gasteiger partial charge in [-0.05, 0) is 65.9 Å². The van der Waals surface area contributed by atoms with Gasteiger partial charge in [-0.2, -0.15) is 0 Å². The number of esters is 1. The number of alkyl halides is 2. The largest absolute Gasteiger partial charge is 0.525 e. The van der Waals surface area contributed by atoms with Crippen LogP contribution in [0.3, 0.4) is 0 Å². The van der Waals surface area contributed by atoms with E-state index in [1.807, 2.05) is 27.7 Å². The Morgan fingerprint density at radius 2 is 1.67 bits per heavy atom. The van der Waals surface area contributed by atoms with Crippen LogP contribution in [0.25, 0.3) is 0 Å². The first-order valence-corrected chi connectivity index (χ1v) is 9.64. The third-order valence-electron chi connectivity index (χ3n) is 6.91. The first-order chi connectivity index (χ1) is 12.4. The molecule has 0 aromatic carbocycles. The highest BCUT2D eigenvalue weighted by molar-refractivity contribution is 6.53. The molecular weight excluding hydrogens is 360 g/mol. The van der Waals surface area contributed by atoms with Crippen LogP contribution < -0.4 is 0 Å². The van der Waals surface area contributed by atoms with E-state index in [1.54, 1.807) is 6.92 Å². The van der Waals surface area contributed by atoms with E-state index >= 15 is 0 Å². The SMILES string of the molecule is CCOC(=O)CC1C(F)(F)C12CCC(=C(F)B1OC(C)(C)C(C)(C)O1)CC2. The van der Waals surface area contributed by atoms with E-state index in [0.29, 0.717) is 5.57 Å². The maximum absolute atomic E-state index is 14.9. The fourth-order valence-electron chi connectivity index (χ4n) is 4.33. The van der Waals surface area contributed by atoms with Crippen molar-refractivity contribution in [2.24, 2.45) is 11.3 Å². The molecule has 0 amide bonds. The number of ether oxygens (including phenoxy) is 1. The molecule has 0 aromatic heterocycles. The summed E-state index contributed by atoms with van der Waals surface area (Å²) >= 11 is 0. The van der Waals surface area contributed by atoms with Gasteiger partial charge in [0.25, 0.3) is 5.92 Å². The van der Waals surface area contributed by atoms with Gasteiger partial charge in [-0.1, -0.05) is 0 Å². The van der Waals surface area contributed by atoms with E-state index in [2.05, 4.69) is 0 Å². The van der Waals surface area contributed by atoms with Crippen molar-refractivity contribution in [3.8, 4) is 0 Å². The average molecular weight is 388 g/mol. The summed E-state index contributed by atoms with van der Waals surface area (Å²) in [5.74, 6) is -4.50. The zero-order valence-corrected chi connectivity index (χ0v) is 16.7. The van der Waals surface area contributed by atoms with E-state index < -0.39 is 47.3 Å². The zero-order valence-electron chi connectivity index (χ0n) is 16.7. The molecule has 0 N–H and O–H groups in total. The van der Waals surface area contributed by atoms with Crippen molar-refractivity contribution in [1.82, 2.24) is 0 Å². The molecule has 3 aliphatic rings. The molecule has 1 aliphatic heterocycles. The second kappa shape index (κ2) is 6.51. The monoisotopic (exact) mass is 388 g/mol. The number of hydrogen-bond acceptors (Lipinski definition) is 4. The highest BCUT2D eigenvalue weighted by Crippen LogP contribution is 2.73. The standard InChI is InChI=1S/C19H28BF3O4/c1-6-25-14(24)11-13-18(19(13,22)23)9-7-12(8-10-18)15(21)20-26-16(2,3)17(4,5)27-20/h13H,6-11H2,1-5H3. The van der Waals surface area contributed by atoms with Crippen LogP contribution in [-0.2, 0) is 18.8 Å². The van der Waals surface area contributed by atoms with E-state index in [-0.39, 0.29) is 38.7 Å². The lowest BCUT2D eigenvalue weighted by atomic mass is 9.75. The Labute approximate surface area is 158 Å². The summed E-state index contributed by atoms with van der Waals surface area (Å²) in [4.78, 5) is 11.6. The van der Waals surface area contributed by atoms with Crippen LogP contribution in [0.4, 0.5) is 13.2 Å². The molecule has 2 saturated carbocycles. The van der Waals surface area contributed by atoms with E-state index in [9.17, 15) is 18.0 Å². The first kappa shape index (κ1) is 20.7. The van der Waals surface area contributed by atoms with Crippen molar-refractivity contribution in [2.75, 3.05) is 6.61 Å². The molecule has 1 saturated heterocycles. The quantitative estimate of drug-likeness (QED) is 0.521. The van der Waals surface area contributed by atoms with Crippen molar-refractivity contribution < 1.29 is 32.0 Å². The van der Waals surface area contributed by atoms with E-state index in [1.165, 1.54) is 0 Å². The Morgan fingerprint density at radius 3 is 2.15 bits per heavy atom. The van der Waals surface area contributed by atoms with Crippen molar-refractivity contribution in [3.05, 3.63) is 11.3 Å². The predicted octanol–water partition coefficient (Wildman–Crippen LogP) is 4.62. The van der Waals surface area contributed by atoms with Crippen LogP contribution in [0.15, 0.2) is 11.3 Å². The normalized spacial score (nSPS) is 33.3. The Hall–Kier alpha value is -1.02. The van der Waals surface area contributed by atoms with Crippen LogP contribution in [0, 0.1) is 11.3 Å². The van der Waals surface area contributed by atoms with Crippen LogP contribution in [0.5, 0.6) is 0 Å². The minimum Gasteiger partial charge on any atom is -0.466 e. The van der Waals surface area contributed by atoms with Gasteiger partial charge in [-0.15, -0.1) is 0 Å². The van der Waals surface area contributed by atoms with Crippen LogP contribution >= 0.6 is 0 Å². The second-order valence-corrected chi connectivity index (χ2v) is 8.88. The number of halogens is 3. The number of rotatable bonds is 4. The molecule has 1 spiro atoms. The lowest BCUT2D eigenvalue weighted by Gasteiger charge is -2.32. The molecule has 1 heterocycles. The molecule has 3 rings (SSSR count). The highest BCUT2D eigenvalue weighted by atomic mass is 19.3. The van der Waals surface area contributed by atoms with E-state index in [0.717, 1.165) is 0 Å². The van der Waals surface area contributed by atoms with Crippen LogP contribution in [-0.4, -0.2) is 36.8 Å². The summed E-state index contributed by atoms with van der Waals surface area (Å²) in [7, 11) is -1.09. The van der Waals surface area contributed by atoms with Gasteiger partial charge in [0.1, 0.15) is 5.73 Å². The Balaban J connectivity index is 1.67.